The molecule has 0 amide bonds. The van der Waals surface area contributed by atoms with Crippen LogP contribution in [0, 0.1) is 5.92 Å². The van der Waals surface area contributed by atoms with Gasteiger partial charge in [0.2, 0.25) is 0 Å². The van der Waals surface area contributed by atoms with Gasteiger partial charge in [0.1, 0.15) is 5.71 Å². The Morgan fingerprint density at radius 3 is 2.30 bits per heavy atom. The minimum atomic E-state index is 0.0253. The number of ketones is 1. The lowest BCUT2D eigenvalue weighted by Gasteiger charge is -2.07. The van der Waals surface area contributed by atoms with Crippen molar-refractivity contribution in [2.75, 3.05) is 0 Å². The molecule has 23 heavy (non-hydrogen) atoms. The van der Waals surface area contributed by atoms with Crippen molar-refractivity contribution in [1.82, 2.24) is 0 Å². The molecule has 0 heterocycles. The van der Waals surface area contributed by atoms with Gasteiger partial charge < -0.3 is 0 Å². The van der Waals surface area contributed by atoms with Crippen molar-refractivity contribution in [2.45, 2.75) is 80.1 Å². The molecule has 3 nitrogen and oxygen atoms in total. The third-order valence-electron chi connectivity index (χ3n) is 3.85. The van der Waals surface area contributed by atoms with Crippen LogP contribution in [0.4, 0.5) is 0 Å². The number of hydrogen-bond acceptors (Lipinski definition) is 3. The molecule has 1 unspecified atom stereocenters. The maximum Gasteiger partial charge on any atom is 0.181 e. The highest BCUT2D eigenvalue weighted by Crippen LogP contribution is 2.12. The van der Waals surface area contributed by atoms with Crippen LogP contribution in [-0.2, 0) is 4.79 Å². The SMILES string of the molecule is C/C=C\C(=C/CC)CC/C(CCC)=N/N=C(\C)C(=O)C(C)CC. The van der Waals surface area contributed by atoms with Crippen LogP contribution in [0.25, 0.3) is 0 Å². The molecule has 130 valence electrons. The van der Waals surface area contributed by atoms with Gasteiger partial charge >= 0.3 is 0 Å². The number of allylic oxidation sites excluding steroid dienone is 4. The van der Waals surface area contributed by atoms with Crippen molar-refractivity contribution in [3.8, 4) is 0 Å². The fourth-order valence-corrected chi connectivity index (χ4v) is 2.27. The molecule has 0 aliphatic heterocycles. The van der Waals surface area contributed by atoms with E-state index in [4.69, 9.17) is 0 Å². The molecule has 0 saturated heterocycles. The summed E-state index contributed by atoms with van der Waals surface area (Å²) >= 11 is 0. The van der Waals surface area contributed by atoms with Gasteiger partial charge in [0.05, 0.1) is 0 Å². The molecular weight excluding hydrogens is 284 g/mol. The first-order valence-electron chi connectivity index (χ1n) is 8.95. The highest BCUT2D eigenvalue weighted by Gasteiger charge is 2.13. The van der Waals surface area contributed by atoms with Gasteiger partial charge in [0.15, 0.2) is 5.78 Å². The van der Waals surface area contributed by atoms with E-state index in [0.29, 0.717) is 5.71 Å². The van der Waals surface area contributed by atoms with Crippen LogP contribution in [0.2, 0.25) is 0 Å². The van der Waals surface area contributed by atoms with Crippen LogP contribution < -0.4 is 0 Å². The number of carbonyl (C=O) groups excluding carboxylic acids is 1. The fourth-order valence-electron chi connectivity index (χ4n) is 2.27. The molecule has 3 heteroatoms. The van der Waals surface area contributed by atoms with Gasteiger partial charge in [0, 0.05) is 11.6 Å². The van der Waals surface area contributed by atoms with E-state index in [2.05, 4.69) is 42.3 Å². The van der Waals surface area contributed by atoms with Crippen molar-refractivity contribution in [3.63, 3.8) is 0 Å². The minimum Gasteiger partial charge on any atom is -0.292 e. The van der Waals surface area contributed by atoms with Gasteiger partial charge in [-0.2, -0.15) is 10.2 Å². The summed E-state index contributed by atoms with van der Waals surface area (Å²) < 4.78 is 0. The van der Waals surface area contributed by atoms with Crippen molar-refractivity contribution in [3.05, 3.63) is 23.8 Å². The number of Topliss-reactive ketones (excluding diaryl/α,β-unsaturated/α-hetero) is 1. The second-order valence-corrected chi connectivity index (χ2v) is 5.96. The minimum absolute atomic E-state index is 0.0253. The molecule has 0 aliphatic carbocycles. The summed E-state index contributed by atoms with van der Waals surface area (Å²) in [5, 5.41) is 8.58. The van der Waals surface area contributed by atoms with E-state index in [1.165, 1.54) is 5.57 Å². The summed E-state index contributed by atoms with van der Waals surface area (Å²) in [4.78, 5) is 12.1. The Morgan fingerprint density at radius 1 is 1.09 bits per heavy atom. The zero-order chi connectivity index (χ0) is 17.7. The first-order valence-corrected chi connectivity index (χ1v) is 8.95. The Kier molecular flexibility index (Phi) is 12.1. The van der Waals surface area contributed by atoms with Crippen LogP contribution in [0.3, 0.4) is 0 Å². The Balaban J connectivity index is 4.96. The Hall–Kier alpha value is -1.51. The normalized spacial score (nSPS) is 15.3. The largest absolute Gasteiger partial charge is 0.292 e. The van der Waals surface area contributed by atoms with Gasteiger partial charge in [-0.25, -0.2) is 0 Å². The molecule has 1 atom stereocenters. The highest BCUT2D eigenvalue weighted by atomic mass is 16.1. The van der Waals surface area contributed by atoms with Crippen molar-refractivity contribution >= 4 is 17.2 Å². The Morgan fingerprint density at radius 2 is 1.78 bits per heavy atom. The molecule has 0 saturated carbocycles. The molecule has 0 aromatic rings. The molecule has 0 aromatic heterocycles. The van der Waals surface area contributed by atoms with Gasteiger partial charge in [0.25, 0.3) is 0 Å². The first kappa shape index (κ1) is 21.5. The summed E-state index contributed by atoms with van der Waals surface area (Å²) in [6.07, 6.45) is 12.2. The van der Waals surface area contributed by atoms with Gasteiger partial charge in [-0.15, -0.1) is 0 Å². The lowest BCUT2D eigenvalue weighted by molar-refractivity contribution is -0.116. The Labute approximate surface area is 142 Å². The maximum atomic E-state index is 12.1. The average molecular weight is 319 g/mol. The standard InChI is InChI=1S/C20H34N2O/c1-7-11-18(12-8-2)14-15-19(13-9-3)22-21-17(6)20(23)16(5)10-4/h7,11-12,16H,8-10,13-15H2,1-6H3/b11-7-,18-12+,21-17+,22-19+. The van der Waals surface area contributed by atoms with Crippen molar-refractivity contribution in [1.29, 1.82) is 0 Å². The smallest absolute Gasteiger partial charge is 0.181 e. The van der Waals surface area contributed by atoms with E-state index in [0.717, 1.165) is 44.2 Å². The zero-order valence-electron chi connectivity index (χ0n) is 15.9. The fraction of sp³-hybridized carbons (Fsp3) is 0.650. The van der Waals surface area contributed by atoms with Gasteiger partial charge in [-0.1, -0.05) is 57.9 Å². The molecular formula is C20H34N2O. The second-order valence-electron chi connectivity index (χ2n) is 5.96. The summed E-state index contributed by atoms with van der Waals surface area (Å²) in [7, 11) is 0. The number of rotatable bonds is 11. The van der Waals surface area contributed by atoms with Crippen LogP contribution >= 0.6 is 0 Å². The molecule has 0 aromatic carbocycles. The second kappa shape index (κ2) is 13.0. The topological polar surface area (TPSA) is 41.8 Å². The summed E-state index contributed by atoms with van der Waals surface area (Å²) in [5.74, 6) is 0.130. The van der Waals surface area contributed by atoms with E-state index >= 15 is 0 Å². The van der Waals surface area contributed by atoms with E-state index in [1.54, 1.807) is 6.92 Å². The monoisotopic (exact) mass is 318 g/mol. The molecule has 0 radical (unpaired) electrons. The predicted octanol–water partition coefficient (Wildman–Crippen LogP) is 5.91. The number of nitrogens with zero attached hydrogens (tertiary/aromatic N) is 2. The van der Waals surface area contributed by atoms with Crippen molar-refractivity contribution < 1.29 is 4.79 Å². The number of carbonyl (C=O) groups is 1. The van der Waals surface area contributed by atoms with Crippen LogP contribution in [0.5, 0.6) is 0 Å². The quantitative estimate of drug-likeness (QED) is 0.265. The van der Waals surface area contributed by atoms with Crippen LogP contribution in [0.15, 0.2) is 34.0 Å². The van der Waals surface area contributed by atoms with E-state index in [1.807, 2.05) is 20.8 Å². The van der Waals surface area contributed by atoms with Crippen molar-refractivity contribution in [2.24, 2.45) is 16.1 Å². The molecule has 0 spiro atoms. The highest BCUT2D eigenvalue weighted by molar-refractivity contribution is 6.39. The Bertz CT molecular complexity index is 470. The summed E-state index contributed by atoms with van der Waals surface area (Å²) in [6.45, 7) is 12.1. The summed E-state index contributed by atoms with van der Waals surface area (Å²) in [6, 6.07) is 0. The molecule has 0 rings (SSSR count). The average Bonchev–Trinajstić information content (AvgIpc) is 2.55. The number of hydrogen-bond donors (Lipinski definition) is 0. The lowest BCUT2D eigenvalue weighted by atomic mass is 10.0. The van der Waals surface area contributed by atoms with E-state index in [-0.39, 0.29) is 11.7 Å². The van der Waals surface area contributed by atoms with Crippen LogP contribution in [0.1, 0.15) is 80.1 Å². The maximum absolute atomic E-state index is 12.1. The summed E-state index contributed by atoms with van der Waals surface area (Å²) in [5.41, 5.74) is 2.94. The zero-order valence-corrected chi connectivity index (χ0v) is 15.9. The third kappa shape index (κ3) is 9.27. The molecule has 0 fully saturated rings. The van der Waals surface area contributed by atoms with Crippen LogP contribution in [-0.4, -0.2) is 17.2 Å². The molecule has 0 aliphatic rings. The van der Waals surface area contributed by atoms with E-state index < -0.39 is 0 Å². The third-order valence-corrected chi connectivity index (χ3v) is 3.85. The lowest BCUT2D eigenvalue weighted by Crippen LogP contribution is -2.18. The predicted molar refractivity (Wildman–Crippen MR) is 102 cm³/mol. The van der Waals surface area contributed by atoms with Gasteiger partial charge in [-0.3, -0.25) is 4.79 Å². The van der Waals surface area contributed by atoms with E-state index in [9.17, 15) is 4.79 Å². The van der Waals surface area contributed by atoms with Gasteiger partial charge in [-0.05, 0) is 46.0 Å². The first-order chi connectivity index (χ1) is 11.0. The molecule has 0 bridgehead atoms. The molecule has 0 N–H and O–H groups in total.